The Kier molecular flexibility index (Phi) is 57.7. The van der Waals surface area contributed by atoms with Crippen molar-refractivity contribution in [1.29, 1.82) is 0 Å². The van der Waals surface area contributed by atoms with Crippen LogP contribution in [0.3, 0.4) is 0 Å². The molecule has 0 aromatic rings. The monoisotopic (exact) mass is 995 g/mol. The first kappa shape index (κ1) is 68.4. The van der Waals surface area contributed by atoms with Gasteiger partial charge in [-0.25, -0.2) is 0 Å². The van der Waals surface area contributed by atoms with Crippen molar-refractivity contribution in [2.75, 3.05) is 13.2 Å². The minimum Gasteiger partial charge on any atom is -0.462 e. The first-order valence-corrected chi connectivity index (χ1v) is 31.1. The molecule has 0 aromatic carbocycles. The molecule has 0 rings (SSSR count). The highest BCUT2D eigenvalue weighted by atomic mass is 16.6. The molecule has 6 heteroatoms. The summed E-state index contributed by atoms with van der Waals surface area (Å²) in [5.74, 6) is -0.894. The number of unbranched alkanes of at least 4 members (excludes halogenated alkanes) is 38. The van der Waals surface area contributed by atoms with E-state index in [0.29, 0.717) is 19.3 Å². The fourth-order valence-corrected chi connectivity index (χ4v) is 9.09. The Balaban J connectivity index is 4.20. The molecule has 0 bridgehead atoms. The molecule has 0 aliphatic heterocycles. The van der Waals surface area contributed by atoms with E-state index in [1.54, 1.807) is 0 Å². The van der Waals surface area contributed by atoms with Gasteiger partial charge in [-0.2, -0.15) is 0 Å². The van der Waals surface area contributed by atoms with Crippen LogP contribution in [0.4, 0.5) is 0 Å². The van der Waals surface area contributed by atoms with Crippen LogP contribution in [-0.4, -0.2) is 37.2 Å². The molecule has 0 aliphatic carbocycles. The first-order chi connectivity index (χ1) is 35.0. The van der Waals surface area contributed by atoms with Crippen molar-refractivity contribution in [1.82, 2.24) is 0 Å². The van der Waals surface area contributed by atoms with Gasteiger partial charge in [-0.1, -0.05) is 288 Å². The van der Waals surface area contributed by atoms with Crippen LogP contribution in [0.5, 0.6) is 0 Å². The zero-order chi connectivity index (χ0) is 51.4. The van der Waals surface area contributed by atoms with Gasteiger partial charge in [0.1, 0.15) is 13.2 Å². The second kappa shape index (κ2) is 59.9. The average molecular weight is 996 g/mol. The van der Waals surface area contributed by atoms with Gasteiger partial charge in [-0.3, -0.25) is 14.4 Å². The summed E-state index contributed by atoms with van der Waals surface area (Å²) in [5, 5.41) is 0. The maximum Gasteiger partial charge on any atom is 0.306 e. The summed E-state index contributed by atoms with van der Waals surface area (Å²) >= 11 is 0. The lowest BCUT2D eigenvalue weighted by atomic mass is 10.0. The lowest BCUT2D eigenvalue weighted by Crippen LogP contribution is -2.30. The van der Waals surface area contributed by atoms with E-state index >= 15 is 0 Å². The lowest BCUT2D eigenvalue weighted by molar-refractivity contribution is -0.167. The van der Waals surface area contributed by atoms with E-state index < -0.39 is 6.10 Å². The van der Waals surface area contributed by atoms with Crippen molar-refractivity contribution < 1.29 is 28.6 Å². The minimum atomic E-state index is -0.784. The molecule has 0 N–H and O–H groups in total. The molecular weight excluding hydrogens is 877 g/mol. The Bertz CT molecular complexity index is 1230. The number of hydrogen-bond donors (Lipinski definition) is 0. The number of carbonyl (C=O) groups is 3. The standard InChI is InChI=1S/C65H118O6/c1-4-7-10-13-16-19-22-25-27-28-29-30-31-32-33-34-35-36-37-38-41-43-46-49-52-55-58-64(67)70-61-62(60-69-63(66)57-54-51-48-45-42-39-24-21-18-15-12-9-6-3)71-65(68)59-56-53-50-47-44-40-26-23-20-17-14-11-8-5-2/h12,14-15,17,21,23-24,26,62H,4-11,13,16,18-20,22,25,27-61H2,1-3H3/b15-12-,17-14-,24-21-,26-23-. The number of allylic oxidation sites excluding steroid dienone is 8. The summed E-state index contributed by atoms with van der Waals surface area (Å²) in [6.07, 6.45) is 74.1. The SMILES string of the molecule is CCC/C=C\C/C=C\CCCCCCCC(=O)OCC(COC(=O)CCCCCCCCCCCCCCCCCCCCCCCCCCCC)OC(=O)CCCCCCC/C=C\C/C=C\CCCC. The smallest absolute Gasteiger partial charge is 0.306 e. The van der Waals surface area contributed by atoms with Crippen molar-refractivity contribution in [2.45, 2.75) is 335 Å². The van der Waals surface area contributed by atoms with Crippen LogP contribution in [0.15, 0.2) is 48.6 Å². The largest absolute Gasteiger partial charge is 0.462 e. The van der Waals surface area contributed by atoms with Gasteiger partial charge >= 0.3 is 17.9 Å². The molecule has 0 saturated carbocycles. The molecule has 0 amide bonds. The predicted molar refractivity (Wildman–Crippen MR) is 307 cm³/mol. The third kappa shape index (κ3) is 58.1. The zero-order valence-electron chi connectivity index (χ0n) is 47.5. The van der Waals surface area contributed by atoms with Gasteiger partial charge in [-0.15, -0.1) is 0 Å². The fraction of sp³-hybridized carbons (Fsp3) is 0.831. The zero-order valence-corrected chi connectivity index (χ0v) is 47.5. The third-order valence-electron chi connectivity index (χ3n) is 13.8. The normalized spacial score (nSPS) is 12.3. The molecule has 0 heterocycles. The average Bonchev–Trinajstić information content (AvgIpc) is 3.37. The Hall–Kier alpha value is -2.63. The molecule has 6 nitrogen and oxygen atoms in total. The summed E-state index contributed by atoms with van der Waals surface area (Å²) in [5.41, 5.74) is 0. The molecule has 0 aliphatic rings. The molecular formula is C65H118O6. The minimum absolute atomic E-state index is 0.0805. The molecule has 1 atom stereocenters. The quantitative estimate of drug-likeness (QED) is 0.0261. The van der Waals surface area contributed by atoms with Crippen LogP contribution in [0.2, 0.25) is 0 Å². The molecule has 0 spiro atoms. The van der Waals surface area contributed by atoms with Crippen LogP contribution in [0.1, 0.15) is 329 Å². The summed E-state index contributed by atoms with van der Waals surface area (Å²) < 4.78 is 16.9. The molecule has 414 valence electrons. The highest BCUT2D eigenvalue weighted by molar-refractivity contribution is 5.71. The summed E-state index contributed by atoms with van der Waals surface area (Å²) in [6.45, 7) is 6.55. The van der Waals surface area contributed by atoms with Crippen LogP contribution in [0.25, 0.3) is 0 Å². The Morgan fingerprint density at radius 3 is 0.873 bits per heavy atom. The Morgan fingerprint density at radius 2 is 0.549 bits per heavy atom. The molecule has 0 radical (unpaired) electrons. The number of ether oxygens (including phenoxy) is 3. The highest BCUT2D eigenvalue weighted by Gasteiger charge is 2.19. The van der Waals surface area contributed by atoms with Crippen molar-refractivity contribution in [2.24, 2.45) is 0 Å². The Morgan fingerprint density at radius 1 is 0.282 bits per heavy atom. The fourth-order valence-electron chi connectivity index (χ4n) is 9.09. The van der Waals surface area contributed by atoms with Gasteiger partial charge in [0.25, 0.3) is 0 Å². The lowest BCUT2D eigenvalue weighted by Gasteiger charge is -2.18. The van der Waals surface area contributed by atoms with Gasteiger partial charge < -0.3 is 14.2 Å². The van der Waals surface area contributed by atoms with E-state index in [1.807, 2.05) is 0 Å². The van der Waals surface area contributed by atoms with E-state index in [2.05, 4.69) is 69.4 Å². The third-order valence-corrected chi connectivity index (χ3v) is 13.8. The Labute approximate surface area is 441 Å². The topological polar surface area (TPSA) is 78.9 Å². The summed E-state index contributed by atoms with van der Waals surface area (Å²) in [7, 11) is 0. The van der Waals surface area contributed by atoms with Crippen molar-refractivity contribution in [3.05, 3.63) is 48.6 Å². The van der Waals surface area contributed by atoms with Crippen molar-refractivity contribution in [3.63, 3.8) is 0 Å². The summed E-state index contributed by atoms with van der Waals surface area (Å²) in [6, 6.07) is 0. The molecule has 71 heavy (non-hydrogen) atoms. The predicted octanol–water partition coefficient (Wildman–Crippen LogP) is 21.0. The van der Waals surface area contributed by atoms with E-state index in [1.165, 1.54) is 180 Å². The maximum absolute atomic E-state index is 12.8. The number of carbonyl (C=O) groups excluding carboxylic acids is 3. The van der Waals surface area contributed by atoms with Crippen molar-refractivity contribution >= 4 is 17.9 Å². The van der Waals surface area contributed by atoms with E-state index in [-0.39, 0.29) is 31.1 Å². The van der Waals surface area contributed by atoms with Crippen LogP contribution in [0, 0.1) is 0 Å². The van der Waals surface area contributed by atoms with Gasteiger partial charge in [0.15, 0.2) is 6.10 Å². The second-order valence-electron chi connectivity index (χ2n) is 21.0. The van der Waals surface area contributed by atoms with Crippen LogP contribution in [-0.2, 0) is 28.6 Å². The van der Waals surface area contributed by atoms with Gasteiger partial charge in [0, 0.05) is 19.3 Å². The first-order valence-electron chi connectivity index (χ1n) is 31.1. The van der Waals surface area contributed by atoms with Gasteiger partial charge in [0.05, 0.1) is 0 Å². The maximum atomic E-state index is 12.8. The molecule has 1 unspecified atom stereocenters. The number of rotatable bonds is 57. The van der Waals surface area contributed by atoms with Crippen LogP contribution >= 0.6 is 0 Å². The van der Waals surface area contributed by atoms with Gasteiger partial charge in [0.2, 0.25) is 0 Å². The second-order valence-corrected chi connectivity index (χ2v) is 21.0. The van der Waals surface area contributed by atoms with E-state index in [0.717, 1.165) is 109 Å². The van der Waals surface area contributed by atoms with E-state index in [9.17, 15) is 14.4 Å². The summed E-state index contributed by atoms with van der Waals surface area (Å²) in [4.78, 5) is 38.2. The highest BCUT2D eigenvalue weighted by Crippen LogP contribution is 2.17. The molecule has 0 saturated heterocycles. The molecule has 0 aromatic heterocycles. The van der Waals surface area contributed by atoms with Crippen molar-refractivity contribution in [3.8, 4) is 0 Å². The number of esters is 3. The van der Waals surface area contributed by atoms with Crippen LogP contribution < -0.4 is 0 Å². The molecule has 0 fully saturated rings. The van der Waals surface area contributed by atoms with E-state index in [4.69, 9.17) is 14.2 Å². The number of hydrogen-bond acceptors (Lipinski definition) is 6. The van der Waals surface area contributed by atoms with Gasteiger partial charge in [-0.05, 0) is 70.6 Å².